The molecule has 0 saturated heterocycles. The Balaban J connectivity index is 2.30. The third-order valence-electron chi connectivity index (χ3n) is 3.51. The lowest BCUT2D eigenvalue weighted by molar-refractivity contribution is 0.527. The van der Waals surface area contributed by atoms with E-state index in [9.17, 15) is 0 Å². The molecule has 2 heteroatoms. The number of hydrogen-bond acceptors (Lipinski definition) is 1. The predicted octanol–water partition coefficient (Wildman–Crippen LogP) is 3.17. The van der Waals surface area contributed by atoms with Gasteiger partial charge in [-0.25, -0.2) is 0 Å². The topological polar surface area (TPSA) is 26.0 Å². The van der Waals surface area contributed by atoms with Crippen LogP contribution < -0.4 is 5.73 Å². The first-order valence-corrected chi connectivity index (χ1v) is 6.06. The van der Waals surface area contributed by atoms with Gasteiger partial charge in [0.05, 0.1) is 0 Å². The number of benzene rings is 2. The minimum absolute atomic E-state index is 0.583. The van der Waals surface area contributed by atoms with Crippen molar-refractivity contribution in [3.63, 3.8) is 0 Å². The summed E-state index contributed by atoms with van der Waals surface area (Å²) in [6.45, 7) is 0.762. The Morgan fingerprint density at radius 3 is 2.62 bits per heavy atom. The fourth-order valence-electron chi connectivity index (χ4n) is 2.73. The Kier molecular flexibility index (Phi) is 2.38. The zero-order chi connectivity index (χ0) is 11.1. The van der Waals surface area contributed by atoms with Gasteiger partial charge < -0.3 is 5.73 Å². The van der Waals surface area contributed by atoms with Gasteiger partial charge in [-0.15, -0.1) is 0 Å². The highest BCUT2D eigenvalue weighted by atomic mass is 35.5. The Morgan fingerprint density at radius 2 is 1.88 bits per heavy atom. The molecule has 0 bridgehead atoms. The van der Waals surface area contributed by atoms with Crippen LogP contribution in [0.25, 0.3) is 10.8 Å². The molecule has 0 spiro atoms. The molecule has 82 valence electrons. The molecule has 0 amide bonds. The summed E-state index contributed by atoms with van der Waals surface area (Å²) in [4.78, 5) is 0. The monoisotopic (exact) mass is 231 g/mol. The van der Waals surface area contributed by atoms with E-state index < -0.39 is 0 Å². The summed E-state index contributed by atoms with van der Waals surface area (Å²) < 4.78 is 0. The van der Waals surface area contributed by atoms with E-state index in [4.69, 9.17) is 17.3 Å². The zero-order valence-electron chi connectivity index (χ0n) is 9.04. The summed E-state index contributed by atoms with van der Waals surface area (Å²) in [5.41, 5.74) is 8.59. The molecule has 0 aromatic heterocycles. The normalized spacial score (nSPS) is 19.0. The molecule has 0 heterocycles. The van der Waals surface area contributed by atoms with Crippen LogP contribution in [-0.4, -0.2) is 6.54 Å². The van der Waals surface area contributed by atoms with Crippen molar-refractivity contribution in [1.29, 1.82) is 0 Å². The lowest BCUT2D eigenvalue weighted by Crippen LogP contribution is -2.22. The molecule has 1 atom stereocenters. The van der Waals surface area contributed by atoms with Gasteiger partial charge in [-0.3, -0.25) is 0 Å². The molecule has 1 unspecified atom stereocenters. The van der Waals surface area contributed by atoms with Crippen LogP contribution in [-0.2, 0) is 12.8 Å². The van der Waals surface area contributed by atoms with Gasteiger partial charge >= 0.3 is 0 Å². The first-order valence-electron chi connectivity index (χ1n) is 5.68. The summed E-state index contributed by atoms with van der Waals surface area (Å²) in [6.07, 6.45) is 2.17. The fourth-order valence-corrected chi connectivity index (χ4v) is 2.95. The highest BCUT2D eigenvalue weighted by Crippen LogP contribution is 2.35. The highest BCUT2D eigenvalue weighted by molar-refractivity contribution is 6.35. The Bertz CT molecular complexity index is 535. The lowest BCUT2D eigenvalue weighted by Gasteiger charge is -2.24. The molecule has 16 heavy (non-hydrogen) atoms. The summed E-state index contributed by atoms with van der Waals surface area (Å²) >= 11 is 6.23. The van der Waals surface area contributed by atoms with Gasteiger partial charge in [0, 0.05) is 10.4 Å². The molecule has 3 rings (SSSR count). The van der Waals surface area contributed by atoms with Crippen LogP contribution in [0.15, 0.2) is 30.3 Å². The van der Waals surface area contributed by atoms with Crippen LogP contribution in [0.3, 0.4) is 0 Å². The average Bonchev–Trinajstić information content (AvgIpc) is 2.33. The minimum atomic E-state index is 0.583. The van der Waals surface area contributed by atoms with Crippen LogP contribution in [0, 0.1) is 5.92 Å². The van der Waals surface area contributed by atoms with E-state index in [0.717, 1.165) is 24.4 Å². The van der Waals surface area contributed by atoms with Crippen molar-refractivity contribution in [2.75, 3.05) is 6.54 Å². The molecule has 0 fully saturated rings. The summed E-state index contributed by atoms with van der Waals surface area (Å²) in [7, 11) is 0. The van der Waals surface area contributed by atoms with Crippen molar-refractivity contribution in [3.8, 4) is 0 Å². The molecule has 1 aliphatic carbocycles. The van der Waals surface area contributed by atoms with E-state index >= 15 is 0 Å². The fraction of sp³-hybridized carbons (Fsp3) is 0.286. The van der Waals surface area contributed by atoms with Crippen molar-refractivity contribution in [2.24, 2.45) is 11.7 Å². The lowest BCUT2D eigenvalue weighted by atomic mass is 9.82. The van der Waals surface area contributed by atoms with Crippen LogP contribution in [0.4, 0.5) is 0 Å². The maximum atomic E-state index is 6.23. The van der Waals surface area contributed by atoms with Crippen molar-refractivity contribution in [3.05, 3.63) is 46.5 Å². The summed E-state index contributed by atoms with van der Waals surface area (Å²) in [5.74, 6) is 0.583. The Hall–Kier alpha value is -1.05. The van der Waals surface area contributed by atoms with E-state index in [1.54, 1.807) is 0 Å². The molecular formula is C14H14ClN. The molecule has 2 aromatic carbocycles. The van der Waals surface area contributed by atoms with Crippen molar-refractivity contribution >= 4 is 22.4 Å². The zero-order valence-corrected chi connectivity index (χ0v) is 9.80. The van der Waals surface area contributed by atoms with Crippen LogP contribution in [0.2, 0.25) is 5.02 Å². The molecular weight excluding hydrogens is 218 g/mol. The smallest absolute Gasteiger partial charge is 0.0484 e. The van der Waals surface area contributed by atoms with Gasteiger partial charge in [0.15, 0.2) is 0 Å². The second-order valence-electron chi connectivity index (χ2n) is 4.56. The standard InChI is InChI=1S/C14H14ClN/c15-13-5-4-11-7-9(8-16)6-10-2-1-3-12(13)14(10)11/h1-5,9H,6-8,16H2. The second kappa shape index (κ2) is 3.76. The second-order valence-corrected chi connectivity index (χ2v) is 4.96. The van der Waals surface area contributed by atoms with Gasteiger partial charge in [0.2, 0.25) is 0 Å². The van der Waals surface area contributed by atoms with Crippen molar-refractivity contribution in [1.82, 2.24) is 0 Å². The molecule has 2 N–H and O–H groups in total. The highest BCUT2D eigenvalue weighted by Gasteiger charge is 2.20. The molecule has 0 radical (unpaired) electrons. The van der Waals surface area contributed by atoms with E-state index in [0.29, 0.717) is 5.92 Å². The van der Waals surface area contributed by atoms with E-state index in [2.05, 4.69) is 24.3 Å². The summed E-state index contributed by atoms with van der Waals surface area (Å²) in [5, 5.41) is 3.40. The van der Waals surface area contributed by atoms with Crippen LogP contribution >= 0.6 is 11.6 Å². The number of halogens is 1. The van der Waals surface area contributed by atoms with Gasteiger partial charge in [0.1, 0.15) is 0 Å². The molecule has 0 aliphatic heterocycles. The quantitative estimate of drug-likeness (QED) is 0.802. The average molecular weight is 232 g/mol. The van der Waals surface area contributed by atoms with Gasteiger partial charge in [-0.05, 0) is 47.9 Å². The Labute approximate surface area is 100 Å². The van der Waals surface area contributed by atoms with Gasteiger partial charge in [0.25, 0.3) is 0 Å². The maximum absolute atomic E-state index is 6.23. The summed E-state index contributed by atoms with van der Waals surface area (Å²) in [6, 6.07) is 10.5. The number of hydrogen-bond donors (Lipinski definition) is 1. The molecule has 0 saturated carbocycles. The first kappa shape index (κ1) is 10.1. The van der Waals surface area contributed by atoms with Gasteiger partial charge in [-0.1, -0.05) is 35.9 Å². The van der Waals surface area contributed by atoms with Crippen molar-refractivity contribution in [2.45, 2.75) is 12.8 Å². The van der Waals surface area contributed by atoms with E-state index in [1.807, 2.05) is 6.07 Å². The molecule has 1 nitrogen and oxygen atoms in total. The largest absolute Gasteiger partial charge is 0.330 e. The number of nitrogens with two attached hydrogens (primary N) is 1. The first-order chi connectivity index (χ1) is 7.79. The van der Waals surface area contributed by atoms with Crippen LogP contribution in [0.5, 0.6) is 0 Å². The van der Waals surface area contributed by atoms with Crippen LogP contribution in [0.1, 0.15) is 11.1 Å². The third-order valence-corrected chi connectivity index (χ3v) is 3.84. The molecule has 2 aromatic rings. The number of rotatable bonds is 1. The van der Waals surface area contributed by atoms with E-state index in [1.165, 1.54) is 21.9 Å². The van der Waals surface area contributed by atoms with E-state index in [-0.39, 0.29) is 0 Å². The minimum Gasteiger partial charge on any atom is -0.330 e. The van der Waals surface area contributed by atoms with Crippen molar-refractivity contribution < 1.29 is 0 Å². The third kappa shape index (κ3) is 1.43. The SMILES string of the molecule is NCC1Cc2cccc3c(Cl)ccc(c23)C1. The maximum Gasteiger partial charge on any atom is 0.0484 e. The van der Waals surface area contributed by atoms with Gasteiger partial charge in [-0.2, -0.15) is 0 Å². The Morgan fingerprint density at radius 1 is 1.12 bits per heavy atom. The molecule has 1 aliphatic rings. The predicted molar refractivity (Wildman–Crippen MR) is 68.9 cm³/mol.